The first-order valence-electron chi connectivity index (χ1n) is 10.0. The van der Waals surface area contributed by atoms with Crippen molar-refractivity contribution in [2.75, 3.05) is 12.4 Å². The third kappa shape index (κ3) is 2.82. The van der Waals surface area contributed by atoms with E-state index in [1.807, 2.05) is 42.6 Å². The van der Waals surface area contributed by atoms with E-state index in [1.54, 1.807) is 7.11 Å². The van der Waals surface area contributed by atoms with Crippen molar-refractivity contribution < 1.29 is 9.53 Å². The molecular formula is C25H24N2O2. The molecule has 5 rings (SSSR count). The average Bonchev–Trinajstić information content (AvgIpc) is 2.71. The van der Waals surface area contributed by atoms with E-state index in [-0.39, 0.29) is 17.2 Å². The van der Waals surface area contributed by atoms with Crippen LogP contribution in [0.25, 0.3) is 16.5 Å². The quantitative estimate of drug-likeness (QED) is 0.629. The molecule has 2 heterocycles. The highest BCUT2D eigenvalue weighted by Gasteiger charge is 2.41. The molecule has 29 heavy (non-hydrogen) atoms. The second kappa shape index (κ2) is 6.45. The fraction of sp³-hybridized carbons (Fsp3) is 0.280. The van der Waals surface area contributed by atoms with E-state index in [9.17, 15) is 4.79 Å². The minimum Gasteiger partial charge on any atom is -0.496 e. The lowest BCUT2D eigenvalue weighted by molar-refractivity contribution is -0.118. The molecule has 0 radical (unpaired) electrons. The molecule has 0 bridgehead atoms. The first-order valence-corrected chi connectivity index (χ1v) is 10.0. The number of ether oxygens (including phenoxy) is 1. The molecular weight excluding hydrogens is 360 g/mol. The average molecular weight is 384 g/mol. The van der Waals surface area contributed by atoms with E-state index < -0.39 is 0 Å². The number of Topliss-reactive ketones (excluding diaryl/α,β-unsaturated/α-hetero) is 1. The van der Waals surface area contributed by atoms with Crippen molar-refractivity contribution in [3.05, 3.63) is 71.4 Å². The predicted molar refractivity (Wildman–Crippen MR) is 116 cm³/mol. The van der Waals surface area contributed by atoms with Crippen LogP contribution in [0.5, 0.6) is 5.75 Å². The van der Waals surface area contributed by atoms with Gasteiger partial charge in [0.2, 0.25) is 0 Å². The van der Waals surface area contributed by atoms with Crippen LogP contribution in [-0.2, 0) is 4.79 Å². The highest BCUT2D eigenvalue weighted by atomic mass is 16.5. The van der Waals surface area contributed by atoms with Crippen LogP contribution in [0.15, 0.2) is 60.3 Å². The van der Waals surface area contributed by atoms with Gasteiger partial charge < -0.3 is 10.1 Å². The van der Waals surface area contributed by atoms with Gasteiger partial charge >= 0.3 is 0 Å². The number of ketones is 1. The number of rotatable bonds is 2. The second-order valence-corrected chi connectivity index (χ2v) is 8.71. The smallest absolute Gasteiger partial charge is 0.162 e. The number of benzene rings is 2. The van der Waals surface area contributed by atoms with Crippen molar-refractivity contribution >= 4 is 27.9 Å². The topological polar surface area (TPSA) is 51.2 Å². The fourth-order valence-corrected chi connectivity index (χ4v) is 4.86. The van der Waals surface area contributed by atoms with E-state index in [1.165, 1.54) is 0 Å². The summed E-state index contributed by atoms with van der Waals surface area (Å²) in [6.07, 6.45) is 3.23. The molecule has 0 unspecified atom stereocenters. The number of allylic oxidation sites excluding steroid dienone is 1. The zero-order chi connectivity index (χ0) is 20.2. The van der Waals surface area contributed by atoms with Crippen molar-refractivity contribution in [1.29, 1.82) is 0 Å². The Labute approximate surface area is 170 Å². The zero-order valence-electron chi connectivity index (χ0n) is 17.0. The Morgan fingerprint density at radius 1 is 1.07 bits per heavy atom. The van der Waals surface area contributed by atoms with Crippen LogP contribution in [0.1, 0.15) is 43.9 Å². The number of pyridine rings is 1. The molecule has 4 nitrogen and oxygen atoms in total. The van der Waals surface area contributed by atoms with Gasteiger partial charge in [0.15, 0.2) is 5.78 Å². The summed E-state index contributed by atoms with van der Waals surface area (Å²) in [4.78, 5) is 18.0. The second-order valence-electron chi connectivity index (χ2n) is 8.71. The van der Waals surface area contributed by atoms with Crippen LogP contribution in [0, 0.1) is 5.41 Å². The Morgan fingerprint density at radius 2 is 1.90 bits per heavy atom. The fourth-order valence-electron chi connectivity index (χ4n) is 4.86. The van der Waals surface area contributed by atoms with Gasteiger partial charge in [-0.05, 0) is 41.7 Å². The molecule has 2 aliphatic rings. The van der Waals surface area contributed by atoms with Gasteiger partial charge in [0.1, 0.15) is 5.75 Å². The lowest BCUT2D eigenvalue weighted by atomic mass is 9.68. The summed E-state index contributed by atoms with van der Waals surface area (Å²) in [5.41, 5.74) is 6.06. The van der Waals surface area contributed by atoms with Crippen LogP contribution < -0.4 is 10.1 Å². The number of anilines is 1. The maximum Gasteiger partial charge on any atom is 0.162 e. The number of aromatic nitrogens is 1. The highest BCUT2D eigenvalue weighted by Crippen LogP contribution is 2.52. The predicted octanol–water partition coefficient (Wildman–Crippen LogP) is 5.55. The minimum atomic E-state index is -0.216. The molecule has 146 valence electrons. The Morgan fingerprint density at radius 3 is 2.72 bits per heavy atom. The van der Waals surface area contributed by atoms with E-state index in [4.69, 9.17) is 4.74 Å². The number of para-hydroxylation sites is 1. The zero-order valence-corrected chi connectivity index (χ0v) is 17.0. The molecule has 0 saturated heterocycles. The molecule has 1 aliphatic carbocycles. The van der Waals surface area contributed by atoms with Crippen LogP contribution in [0.3, 0.4) is 0 Å². The van der Waals surface area contributed by atoms with Crippen molar-refractivity contribution in [2.45, 2.75) is 32.7 Å². The van der Waals surface area contributed by atoms with Crippen LogP contribution in [0.2, 0.25) is 0 Å². The Bertz CT molecular complexity index is 1180. The number of carbonyl (C=O) groups is 1. The molecule has 1 N–H and O–H groups in total. The highest BCUT2D eigenvalue weighted by molar-refractivity contribution is 6.12. The SMILES string of the molecule is COc1ccccc1[C@H]1Nc2ccc3ncccc3c2C2=C1C(=O)CC(C)(C)C2. The Hall–Kier alpha value is -3.14. The van der Waals surface area contributed by atoms with Gasteiger partial charge in [-0.1, -0.05) is 38.1 Å². The number of hydrogen-bond acceptors (Lipinski definition) is 4. The first-order chi connectivity index (χ1) is 14.0. The lowest BCUT2D eigenvalue weighted by Gasteiger charge is -2.40. The Kier molecular flexibility index (Phi) is 3.98. The van der Waals surface area contributed by atoms with Crippen LogP contribution in [0.4, 0.5) is 5.69 Å². The van der Waals surface area contributed by atoms with E-state index in [2.05, 4.69) is 36.3 Å². The largest absolute Gasteiger partial charge is 0.496 e. The summed E-state index contributed by atoms with van der Waals surface area (Å²) in [5.74, 6) is 1.01. The van der Waals surface area contributed by atoms with Crippen molar-refractivity contribution in [3.63, 3.8) is 0 Å². The third-order valence-corrected chi connectivity index (χ3v) is 6.05. The molecule has 1 atom stereocenters. The molecule has 2 aromatic carbocycles. The number of hydrogen-bond donors (Lipinski definition) is 1. The first kappa shape index (κ1) is 17.9. The van der Waals surface area contributed by atoms with Gasteiger partial charge in [-0.3, -0.25) is 9.78 Å². The third-order valence-electron chi connectivity index (χ3n) is 6.05. The maximum atomic E-state index is 13.4. The van der Waals surface area contributed by atoms with E-state index in [0.29, 0.717) is 6.42 Å². The summed E-state index contributed by atoms with van der Waals surface area (Å²) >= 11 is 0. The van der Waals surface area contributed by atoms with Gasteiger partial charge in [0.05, 0.1) is 18.7 Å². The summed E-state index contributed by atoms with van der Waals surface area (Å²) < 4.78 is 5.63. The van der Waals surface area contributed by atoms with E-state index in [0.717, 1.165) is 51.0 Å². The van der Waals surface area contributed by atoms with Crippen molar-refractivity contribution in [3.8, 4) is 5.75 Å². The molecule has 0 fully saturated rings. The summed E-state index contributed by atoms with van der Waals surface area (Å²) in [5, 5.41) is 4.74. The lowest BCUT2D eigenvalue weighted by Crippen LogP contribution is -2.33. The van der Waals surface area contributed by atoms with Gasteiger partial charge in [-0.15, -0.1) is 0 Å². The van der Waals surface area contributed by atoms with Gasteiger partial charge in [0, 0.05) is 40.4 Å². The van der Waals surface area contributed by atoms with E-state index >= 15 is 0 Å². The Balaban J connectivity index is 1.82. The number of methoxy groups -OCH3 is 1. The summed E-state index contributed by atoms with van der Waals surface area (Å²) in [6, 6.07) is 15.9. The summed E-state index contributed by atoms with van der Waals surface area (Å²) in [7, 11) is 1.68. The molecule has 1 aliphatic heterocycles. The molecule has 0 spiro atoms. The van der Waals surface area contributed by atoms with Gasteiger partial charge in [0.25, 0.3) is 0 Å². The number of nitrogens with one attached hydrogen (secondary N) is 1. The molecule has 0 amide bonds. The molecule has 0 saturated carbocycles. The van der Waals surface area contributed by atoms with Gasteiger partial charge in [-0.25, -0.2) is 0 Å². The molecule has 1 aromatic heterocycles. The minimum absolute atomic E-state index is 0.0692. The number of fused-ring (bicyclic) bond motifs is 4. The van der Waals surface area contributed by atoms with Gasteiger partial charge in [-0.2, -0.15) is 0 Å². The van der Waals surface area contributed by atoms with Crippen LogP contribution >= 0.6 is 0 Å². The van der Waals surface area contributed by atoms with Crippen molar-refractivity contribution in [2.24, 2.45) is 5.41 Å². The standard InChI is InChI=1S/C25H24N2O2/c1-25(2)13-17-22-15-8-6-12-26-18(15)10-11-19(22)27-24(23(17)20(28)14-25)16-7-4-5-9-21(16)29-3/h4-12,24,27H,13-14H2,1-3H3/t24-/m1/s1. The normalized spacial score (nSPS) is 20.1. The van der Waals surface area contributed by atoms with Crippen molar-refractivity contribution in [1.82, 2.24) is 4.98 Å². The monoisotopic (exact) mass is 384 g/mol. The van der Waals surface area contributed by atoms with Crippen LogP contribution in [-0.4, -0.2) is 17.9 Å². The number of nitrogens with zero attached hydrogens (tertiary/aromatic N) is 1. The summed E-state index contributed by atoms with van der Waals surface area (Å²) in [6.45, 7) is 4.36. The maximum absolute atomic E-state index is 13.4. The molecule has 3 aromatic rings. The number of carbonyl (C=O) groups excluding carboxylic acids is 1. The molecule has 4 heteroatoms.